The van der Waals surface area contributed by atoms with Gasteiger partial charge in [0.05, 0.1) is 0 Å². The number of benzene rings is 2. The molecule has 8 heteroatoms. The summed E-state index contributed by atoms with van der Waals surface area (Å²) in [6.07, 6.45) is 0. The molecule has 0 spiro atoms. The number of hydrogen-bond acceptors (Lipinski definition) is 5. The predicted octanol–water partition coefficient (Wildman–Crippen LogP) is -3.49. The summed E-state index contributed by atoms with van der Waals surface area (Å²) >= 11 is 1.37. The second-order valence-electron chi connectivity index (χ2n) is 4.24. The molecule has 3 rings (SSSR count). The van der Waals surface area contributed by atoms with Gasteiger partial charge in [-0.05, 0) is 0 Å². The van der Waals surface area contributed by atoms with Crippen molar-refractivity contribution in [2.24, 2.45) is 0 Å². The van der Waals surface area contributed by atoms with Crippen molar-refractivity contribution in [2.75, 3.05) is 0 Å². The minimum atomic E-state index is -4.94. The number of fused-ring (bicyclic) bond motifs is 2. The fourth-order valence-corrected chi connectivity index (χ4v) is 8.37. The fraction of sp³-hybridized carbons (Fsp3) is 0.143. The molecule has 2 N–H and O–H groups in total. The van der Waals surface area contributed by atoms with E-state index in [0.717, 1.165) is 0 Å². The van der Waals surface area contributed by atoms with E-state index in [1.165, 1.54) is 11.5 Å². The van der Waals surface area contributed by atoms with Gasteiger partial charge in [-0.25, -0.2) is 18.6 Å². The Morgan fingerprint density at radius 3 is 1.55 bits per heavy atom. The monoisotopic (exact) mass is 538 g/mol. The first-order valence-electron chi connectivity index (χ1n) is 6.00. The van der Waals surface area contributed by atoms with Crippen molar-refractivity contribution in [3.05, 3.63) is 59.7 Å². The molecule has 0 saturated heterocycles. The van der Waals surface area contributed by atoms with Crippen molar-refractivity contribution in [1.82, 2.24) is 0 Å². The summed E-state index contributed by atoms with van der Waals surface area (Å²) in [6, 6.07) is 18.0. The van der Waals surface area contributed by atoms with Gasteiger partial charge < -0.3 is 5.48 Å². The Balaban J connectivity index is 0.000000356. The summed E-state index contributed by atoms with van der Waals surface area (Å²) < 4.78 is 37.3. The van der Waals surface area contributed by atoms with E-state index in [2.05, 4.69) is 48.5 Å². The van der Waals surface area contributed by atoms with Crippen molar-refractivity contribution in [3.8, 4) is 0 Å². The second-order valence-corrected chi connectivity index (χ2v) is 10.6. The summed E-state index contributed by atoms with van der Waals surface area (Å²) in [7, 11) is -4.94. The zero-order valence-electron chi connectivity index (χ0n) is 11.4. The molecular formula is C14H14BiClO5S. The molecule has 1 aliphatic heterocycles. The van der Waals surface area contributed by atoms with Crippen LogP contribution in [0.3, 0.4) is 0 Å². The molecule has 0 atom stereocenters. The van der Waals surface area contributed by atoms with Gasteiger partial charge in [-0.2, -0.15) is 0 Å². The number of thioether (sulfide) groups is 1. The van der Waals surface area contributed by atoms with Gasteiger partial charge in [0.1, 0.15) is 0 Å². The third-order valence-electron chi connectivity index (χ3n) is 2.74. The topological polar surface area (TPSA) is 124 Å². The Kier molecular flexibility index (Phi) is 8.24. The van der Waals surface area contributed by atoms with E-state index >= 15 is 0 Å². The predicted molar refractivity (Wildman–Crippen MR) is 76.5 cm³/mol. The molecule has 0 amide bonds. The third-order valence-corrected chi connectivity index (χ3v) is 9.03. The molecule has 22 heavy (non-hydrogen) atoms. The fourth-order valence-electron chi connectivity index (χ4n) is 1.88. The summed E-state index contributed by atoms with van der Waals surface area (Å²) in [6.45, 7) is 0. The number of hydrogen-bond donors (Lipinski definition) is 0. The summed E-state index contributed by atoms with van der Waals surface area (Å²) in [5, 5.41) is 0. The normalized spacial score (nSPS) is 13.3. The Morgan fingerprint density at radius 2 is 1.14 bits per heavy atom. The van der Waals surface area contributed by atoms with Crippen LogP contribution in [0.2, 0.25) is 0 Å². The molecule has 118 valence electrons. The van der Waals surface area contributed by atoms with E-state index in [1.54, 1.807) is 17.7 Å². The number of halogens is 1. The molecule has 0 bridgehead atoms. The number of rotatable bonds is 0. The molecule has 5 nitrogen and oxygen atoms in total. The molecular weight excluding hydrogens is 525 g/mol. The van der Waals surface area contributed by atoms with Crippen LogP contribution in [0.5, 0.6) is 0 Å². The second kappa shape index (κ2) is 9.15. The van der Waals surface area contributed by atoms with Crippen LogP contribution >= 0.6 is 11.8 Å². The molecule has 2 radical (unpaired) electrons. The zero-order valence-corrected chi connectivity index (χ0v) is 16.4. The van der Waals surface area contributed by atoms with Gasteiger partial charge in [0, 0.05) is 0 Å². The van der Waals surface area contributed by atoms with Gasteiger partial charge in [0.25, 0.3) is 0 Å². The van der Waals surface area contributed by atoms with Crippen LogP contribution in [0.1, 0.15) is 11.1 Å². The molecule has 0 aromatic heterocycles. The molecule has 0 saturated carbocycles. The Morgan fingerprint density at radius 1 is 0.773 bits per heavy atom. The van der Waals surface area contributed by atoms with E-state index in [0.29, 0.717) is 0 Å². The van der Waals surface area contributed by atoms with E-state index in [1.807, 2.05) is 11.8 Å². The van der Waals surface area contributed by atoms with Crippen LogP contribution in [0.4, 0.5) is 0 Å². The first-order chi connectivity index (χ1) is 9.93. The average molecular weight is 539 g/mol. The van der Waals surface area contributed by atoms with E-state index in [4.69, 9.17) is 18.6 Å². The van der Waals surface area contributed by atoms with Crippen molar-refractivity contribution < 1.29 is 34.4 Å². The van der Waals surface area contributed by atoms with Crippen LogP contribution in [0.25, 0.3) is 0 Å². The first-order valence-corrected chi connectivity index (χ1v) is 11.9. The Hall–Kier alpha value is -0.237. The van der Waals surface area contributed by atoms with E-state index < -0.39 is 33.5 Å². The SMILES string of the molecule is O.[O-][Cl+3]([O-])([O-])[O-].c1cc[c]2c(c1)CSCc1cccc[c]1[Bi+]2. The van der Waals surface area contributed by atoms with E-state index in [-0.39, 0.29) is 5.48 Å². The minimum absolute atomic E-state index is 0. The van der Waals surface area contributed by atoms with Crippen molar-refractivity contribution in [1.29, 1.82) is 0 Å². The average Bonchev–Trinajstić information content (AvgIpc) is 2.37. The molecule has 2 aromatic carbocycles. The summed E-state index contributed by atoms with van der Waals surface area (Å²) in [5.74, 6) is 2.38. The van der Waals surface area contributed by atoms with Crippen molar-refractivity contribution >= 4 is 41.5 Å². The molecule has 0 aliphatic carbocycles. The van der Waals surface area contributed by atoms with Crippen LogP contribution in [0, 0.1) is 10.2 Å². The maximum atomic E-state index is 8.49. The van der Waals surface area contributed by atoms with E-state index in [9.17, 15) is 0 Å². The van der Waals surface area contributed by atoms with Gasteiger partial charge in [0.15, 0.2) is 0 Å². The molecule has 2 aromatic rings. The maximum absolute atomic E-state index is 8.49. The summed E-state index contributed by atoms with van der Waals surface area (Å²) in [4.78, 5) is 0. The standard InChI is InChI=1S/C14H12S.Bi.ClHO4.H2O/c1-3-7-13(8-4-1)11-15-12-14-9-5-2-6-10-14;;2-1(3,4)5;/h1-7,9H,11-12H2;;(H,2,3,4,5);1H2/q;+1;;/p-1. The van der Waals surface area contributed by atoms with Crippen LogP contribution in [0.15, 0.2) is 48.5 Å². The molecule has 0 unspecified atom stereocenters. The van der Waals surface area contributed by atoms with Crippen molar-refractivity contribution in [3.63, 3.8) is 0 Å². The van der Waals surface area contributed by atoms with Crippen LogP contribution < -0.4 is 25.2 Å². The zero-order chi connectivity index (χ0) is 15.3. The van der Waals surface area contributed by atoms with Crippen molar-refractivity contribution in [2.45, 2.75) is 11.5 Å². The van der Waals surface area contributed by atoms with Crippen LogP contribution in [-0.2, 0) is 11.5 Å². The van der Waals surface area contributed by atoms with Gasteiger partial charge in [0.2, 0.25) is 0 Å². The van der Waals surface area contributed by atoms with Gasteiger partial charge in [-0.15, -0.1) is 10.2 Å². The molecule has 0 fully saturated rings. The molecule has 1 aliphatic rings. The first kappa shape index (κ1) is 19.8. The molecule has 1 heterocycles. The van der Waals surface area contributed by atoms with Gasteiger partial charge in [-0.3, -0.25) is 0 Å². The van der Waals surface area contributed by atoms with Gasteiger partial charge >= 0.3 is 113 Å². The summed E-state index contributed by atoms with van der Waals surface area (Å²) in [5.41, 5.74) is 3.16. The van der Waals surface area contributed by atoms with Gasteiger partial charge in [-0.1, -0.05) is 0 Å². The Labute approximate surface area is 146 Å². The quantitative estimate of drug-likeness (QED) is 0.322. The Bertz CT molecular complexity index is 554. The van der Waals surface area contributed by atoms with Crippen LogP contribution in [-0.4, -0.2) is 28.7 Å². The third kappa shape index (κ3) is 6.90.